The minimum atomic E-state index is -0.946. The first-order valence-corrected chi connectivity index (χ1v) is 7.46. The molecule has 0 saturated carbocycles. The Labute approximate surface area is 129 Å². The van der Waals surface area contributed by atoms with Gasteiger partial charge in [0.15, 0.2) is 0 Å². The predicted octanol–water partition coefficient (Wildman–Crippen LogP) is 1.86. The molecule has 0 bridgehead atoms. The third-order valence-corrected chi connectivity index (χ3v) is 4.44. The number of piperidine rings is 1. The Hall–Kier alpha value is -2.21. The molecule has 1 saturated heterocycles. The van der Waals surface area contributed by atoms with Crippen molar-refractivity contribution in [2.24, 2.45) is 0 Å². The average molecular weight is 300 g/mol. The van der Waals surface area contributed by atoms with Crippen molar-refractivity contribution in [3.8, 4) is 0 Å². The van der Waals surface area contributed by atoms with Crippen LogP contribution in [0.2, 0.25) is 0 Å². The van der Waals surface area contributed by atoms with Crippen molar-refractivity contribution < 1.29 is 9.90 Å². The monoisotopic (exact) mass is 300 g/mol. The van der Waals surface area contributed by atoms with Crippen LogP contribution in [0.4, 0.5) is 5.82 Å². The molecule has 1 aliphatic rings. The van der Waals surface area contributed by atoms with Crippen molar-refractivity contribution in [1.82, 2.24) is 14.9 Å². The van der Waals surface area contributed by atoms with Gasteiger partial charge in [-0.05, 0) is 45.1 Å². The van der Waals surface area contributed by atoms with Gasteiger partial charge in [-0.1, -0.05) is 6.07 Å². The number of aromatic carboxylic acids is 1. The second-order valence-corrected chi connectivity index (χ2v) is 5.85. The number of hydrogen-bond donors (Lipinski definition) is 1. The Bertz CT molecular complexity index is 690. The maximum atomic E-state index is 11.5. The molecule has 1 aliphatic heterocycles. The van der Waals surface area contributed by atoms with E-state index >= 15 is 0 Å². The largest absolute Gasteiger partial charge is 0.478 e. The van der Waals surface area contributed by atoms with Gasteiger partial charge in [0.05, 0.1) is 16.5 Å². The molecule has 6 nitrogen and oxygen atoms in total. The summed E-state index contributed by atoms with van der Waals surface area (Å²) < 4.78 is 0. The van der Waals surface area contributed by atoms with E-state index in [4.69, 9.17) is 0 Å². The van der Waals surface area contributed by atoms with Crippen molar-refractivity contribution in [1.29, 1.82) is 0 Å². The Morgan fingerprint density at radius 1 is 1.32 bits per heavy atom. The topological polar surface area (TPSA) is 69.6 Å². The first-order valence-electron chi connectivity index (χ1n) is 7.46. The van der Waals surface area contributed by atoms with Gasteiger partial charge >= 0.3 is 5.97 Å². The van der Waals surface area contributed by atoms with Gasteiger partial charge in [0.1, 0.15) is 12.1 Å². The molecule has 116 valence electrons. The van der Waals surface area contributed by atoms with Gasteiger partial charge in [-0.25, -0.2) is 14.8 Å². The smallest absolute Gasteiger partial charge is 0.336 e. The lowest BCUT2D eigenvalue weighted by Gasteiger charge is -2.36. The summed E-state index contributed by atoms with van der Waals surface area (Å²) in [6, 6.07) is 5.53. The van der Waals surface area contributed by atoms with Gasteiger partial charge in [0.25, 0.3) is 0 Å². The molecule has 0 unspecified atom stereocenters. The highest BCUT2D eigenvalue weighted by molar-refractivity contribution is 6.07. The summed E-state index contributed by atoms with van der Waals surface area (Å²) in [4.78, 5) is 24.6. The molecule has 0 aliphatic carbocycles. The molecule has 0 atom stereocenters. The van der Waals surface area contributed by atoms with Crippen molar-refractivity contribution in [3.05, 3.63) is 30.1 Å². The first-order chi connectivity index (χ1) is 10.6. The number of rotatable bonds is 3. The number of carboxylic acids is 1. The zero-order chi connectivity index (χ0) is 15.7. The van der Waals surface area contributed by atoms with Crippen LogP contribution in [0.1, 0.15) is 23.2 Å². The van der Waals surface area contributed by atoms with Gasteiger partial charge in [-0.3, -0.25) is 0 Å². The van der Waals surface area contributed by atoms with Gasteiger partial charge in [0, 0.05) is 13.1 Å². The first kappa shape index (κ1) is 14.7. The number of hydrogen-bond acceptors (Lipinski definition) is 5. The van der Waals surface area contributed by atoms with Crippen LogP contribution in [0.25, 0.3) is 10.9 Å². The highest BCUT2D eigenvalue weighted by Crippen LogP contribution is 2.29. The molecule has 1 aromatic carbocycles. The number of anilines is 1. The molecule has 1 aromatic heterocycles. The molecule has 1 N–H and O–H groups in total. The molecule has 2 aromatic rings. The van der Waals surface area contributed by atoms with Crippen LogP contribution in [0, 0.1) is 0 Å². The van der Waals surface area contributed by atoms with Crippen molar-refractivity contribution in [3.63, 3.8) is 0 Å². The zero-order valence-electron chi connectivity index (χ0n) is 12.9. The van der Waals surface area contributed by atoms with Crippen LogP contribution in [0.5, 0.6) is 0 Å². The molecule has 0 radical (unpaired) electrons. The standard InChI is InChI=1S/C16H20N4O2/c1-19-8-6-11(7-9-19)20(2)15-14-12(16(21)22)4-3-5-13(14)17-10-18-15/h3-5,10-11H,6-9H2,1-2H3,(H,21,22). The summed E-state index contributed by atoms with van der Waals surface area (Å²) in [5, 5.41) is 10.1. The number of aromatic nitrogens is 2. The SMILES string of the molecule is CN1CCC(N(C)c2ncnc3cccc(C(=O)O)c23)CC1. The fourth-order valence-corrected chi connectivity index (χ4v) is 3.09. The summed E-state index contributed by atoms with van der Waals surface area (Å²) >= 11 is 0. The highest BCUT2D eigenvalue weighted by atomic mass is 16.4. The van der Waals surface area contributed by atoms with E-state index in [0.29, 0.717) is 22.8 Å². The number of fused-ring (bicyclic) bond motifs is 1. The Balaban J connectivity index is 2.04. The fourth-order valence-electron chi connectivity index (χ4n) is 3.09. The number of benzene rings is 1. The summed E-state index contributed by atoms with van der Waals surface area (Å²) in [5.41, 5.74) is 0.928. The Morgan fingerprint density at radius 3 is 2.73 bits per heavy atom. The fraction of sp³-hybridized carbons (Fsp3) is 0.438. The van der Waals surface area contributed by atoms with Gasteiger partial charge in [-0.2, -0.15) is 0 Å². The third kappa shape index (κ3) is 2.62. The van der Waals surface area contributed by atoms with Gasteiger partial charge < -0.3 is 14.9 Å². The van der Waals surface area contributed by atoms with Crippen LogP contribution >= 0.6 is 0 Å². The molecule has 0 amide bonds. The maximum absolute atomic E-state index is 11.5. The van der Waals surface area contributed by atoms with E-state index in [0.717, 1.165) is 25.9 Å². The average Bonchev–Trinajstić information content (AvgIpc) is 2.53. The Kier molecular flexibility index (Phi) is 3.94. The molecule has 6 heteroatoms. The quantitative estimate of drug-likeness (QED) is 0.933. The van der Waals surface area contributed by atoms with Crippen LogP contribution in [0.3, 0.4) is 0 Å². The third-order valence-electron chi connectivity index (χ3n) is 4.44. The number of carbonyl (C=O) groups is 1. The van der Waals surface area contributed by atoms with Crippen LogP contribution in [0.15, 0.2) is 24.5 Å². The van der Waals surface area contributed by atoms with Crippen molar-refractivity contribution >= 4 is 22.7 Å². The van der Waals surface area contributed by atoms with E-state index < -0.39 is 5.97 Å². The van der Waals surface area contributed by atoms with E-state index in [1.54, 1.807) is 12.1 Å². The van der Waals surface area contributed by atoms with E-state index in [1.807, 2.05) is 13.1 Å². The second-order valence-electron chi connectivity index (χ2n) is 5.85. The summed E-state index contributed by atoms with van der Waals surface area (Å²) in [6.07, 6.45) is 3.61. The molecule has 2 heterocycles. The maximum Gasteiger partial charge on any atom is 0.336 e. The minimum Gasteiger partial charge on any atom is -0.478 e. The molecule has 0 spiro atoms. The van der Waals surface area contributed by atoms with Gasteiger partial charge in [-0.15, -0.1) is 0 Å². The molecule has 1 fully saturated rings. The van der Waals surface area contributed by atoms with Gasteiger partial charge in [0.2, 0.25) is 0 Å². The van der Waals surface area contributed by atoms with Crippen LogP contribution in [-0.2, 0) is 0 Å². The van der Waals surface area contributed by atoms with Crippen LogP contribution < -0.4 is 4.90 Å². The predicted molar refractivity (Wildman–Crippen MR) is 85.4 cm³/mol. The summed E-state index contributed by atoms with van der Waals surface area (Å²) in [5.74, 6) is -0.240. The van der Waals surface area contributed by atoms with E-state index in [2.05, 4.69) is 26.8 Å². The van der Waals surface area contributed by atoms with E-state index in [9.17, 15) is 9.90 Å². The lowest BCUT2D eigenvalue weighted by Crippen LogP contribution is -2.42. The Morgan fingerprint density at radius 2 is 2.05 bits per heavy atom. The summed E-state index contributed by atoms with van der Waals surface area (Å²) in [7, 11) is 4.12. The summed E-state index contributed by atoms with van der Waals surface area (Å²) in [6.45, 7) is 2.09. The van der Waals surface area contributed by atoms with E-state index in [1.165, 1.54) is 6.33 Å². The highest BCUT2D eigenvalue weighted by Gasteiger charge is 2.24. The molecular formula is C16H20N4O2. The minimum absolute atomic E-state index is 0.257. The number of likely N-dealkylation sites (tertiary alicyclic amines) is 1. The second kappa shape index (κ2) is 5.88. The lowest BCUT2D eigenvalue weighted by molar-refractivity contribution is 0.0699. The van der Waals surface area contributed by atoms with Crippen molar-refractivity contribution in [2.45, 2.75) is 18.9 Å². The normalized spacial score (nSPS) is 16.8. The van der Waals surface area contributed by atoms with E-state index in [-0.39, 0.29) is 5.56 Å². The molecule has 3 rings (SSSR count). The zero-order valence-corrected chi connectivity index (χ0v) is 12.9. The van der Waals surface area contributed by atoms with Crippen LogP contribution in [-0.4, -0.2) is 59.2 Å². The molecule has 22 heavy (non-hydrogen) atoms. The number of nitrogens with zero attached hydrogens (tertiary/aromatic N) is 4. The molecular weight excluding hydrogens is 280 g/mol. The lowest BCUT2D eigenvalue weighted by atomic mass is 10.0. The van der Waals surface area contributed by atoms with Crippen molar-refractivity contribution in [2.75, 3.05) is 32.1 Å². The number of carboxylic acid groups (broad SMARTS) is 1.